The maximum absolute atomic E-state index is 13.2. The van der Waals surface area contributed by atoms with E-state index in [9.17, 15) is 24.6 Å². The number of hydrogen-bond donors (Lipinski definition) is 2. The second-order valence-corrected chi connectivity index (χ2v) is 14.6. The monoisotopic (exact) mass is 602 g/mol. The minimum atomic E-state index is -1.77. The van der Waals surface area contributed by atoms with Crippen LogP contribution in [0.25, 0.3) is 0 Å². The summed E-state index contributed by atoms with van der Waals surface area (Å²) in [5.41, 5.74) is -5.24. The molecule has 2 saturated heterocycles. The van der Waals surface area contributed by atoms with Crippen LogP contribution < -0.4 is 0 Å². The molecule has 0 aromatic carbocycles. The van der Waals surface area contributed by atoms with Gasteiger partial charge in [0.1, 0.15) is 29.5 Å². The zero-order valence-electron chi connectivity index (χ0n) is 25.5. The fraction of sp³-hybridized carbons (Fsp3) is 0.781. The van der Waals surface area contributed by atoms with Gasteiger partial charge in [-0.3, -0.25) is 14.4 Å². The lowest BCUT2D eigenvalue weighted by molar-refractivity contribution is -0.280. The van der Waals surface area contributed by atoms with Gasteiger partial charge in [-0.1, -0.05) is 13.8 Å². The van der Waals surface area contributed by atoms with Crippen molar-refractivity contribution in [2.24, 2.45) is 28.1 Å². The van der Waals surface area contributed by atoms with Crippen LogP contribution in [-0.2, 0) is 38.1 Å². The van der Waals surface area contributed by atoms with E-state index in [2.05, 4.69) is 13.8 Å². The van der Waals surface area contributed by atoms with E-state index in [-0.39, 0.29) is 25.4 Å². The van der Waals surface area contributed by atoms with E-state index in [1.807, 2.05) is 0 Å². The Morgan fingerprint density at radius 3 is 2.23 bits per heavy atom. The van der Waals surface area contributed by atoms with E-state index in [4.69, 9.17) is 28.1 Å². The maximum atomic E-state index is 13.2. The van der Waals surface area contributed by atoms with Crippen LogP contribution in [0, 0.1) is 28.1 Å². The number of aliphatic hydroxyl groups is 2. The summed E-state index contributed by atoms with van der Waals surface area (Å²) in [7, 11) is 0. The van der Waals surface area contributed by atoms with Gasteiger partial charge in [0.2, 0.25) is 0 Å². The van der Waals surface area contributed by atoms with Gasteiger partial charge in [0.15, 0.2) is 0 Å². The Morgan fingerprint density at radius 1 is 0.930 bits per heavy atom. The topological polar surface area (TPSA) is 151 Å². The Labute approximate surface area is 250 Å². The standard InChI is InChI=1S/C32H42O11/c1-15(33)40-19-9-21-29(5)23(42-17(3)35)11-22(41-16(2)34)28(4)14-39-25(26(28)29)27-31(21,12-19)32(37)24(43-27)10-20(30(32,6)36)18-7-8-38-13-18/h7-8,13,19-27,36-37H,9-12,14H2,1-6H3/t19-,20-,21+,22+,23-,24-,25+,26?,27+,28+,29-,30-,31-,32+/m0/s1. The summed E-state index contributed by atoms with van der Waals surface area (Å²) < 4.78 is 36.8. The minimum Gasteiger partial charge on any atom is -0.472 e. The number of ether oxygens (including phenoxy) is 5. The van der Waals surface area contributed by atoms with Gasteiger partial charge in [0.05, 0.1) is 37.4 Å². The maximum Gasteiger partial charge on any atom is 0.302 e. The zero-order valence-corrected chi connectivity index (χ0v) is 25.5. The van der Waals surface area contributed by atoms with Crippen LogP contribution in [0.5, 0.6) is 0 Å². The largest absolute Gasteiger partial charge is 0.472 e. The first-order valence-corrected chi connectivity index (χ1v) is 15.4. The smallest absolute Gasteiger partial charge is 0.302 e. The summed E-state index contributed by atoms with van der Waals surface area (Å²) in [6.07, 6.45) is 0.570. The lowest BCUT2D eigenvalue weighted by atomic mass is 9.38. The molecule has 1 aromatic rings. The van der Waals surface area contributed by atoms with Crippen LogP contribution >= 0.6 is 0 Å². The van der Waals surface area contributed by atoms with Gasteiger partial charge in [-0.2, -0.15) is 0 Å². The average molecular weight is 603 g/mol. The van der Waals surface area contributed by atoms with Crippen molar-refractivity contribution in [3.8, 4) is 0 Å². The summed E-state index contributed by atoms with van der Waals surface area (Å²) in [4.78, 5) is 37.2. The lowest BCUT2D eigenvalue weighted by Gasteiger charge is -2.66. The van der Waals surface area contributed by atoms with E-state index >= 15 is 0 Å². The normalized spacial score (nSPS) is 52.5. The van der Waals surface area contributed by atoms with Crippen molar-refractivity contribution < 1.29 is 52.7 Å². The Hall–Kier alpha value is -2.47. The summed E-state index contributed by atoms with van der Waals surface area (Å²) in [6.45, 7) is 10.2. The van der Waals surface area contributed by atoms with Crippen LogP contribution in [-0.4, -0.2) is 82.6 Å². The second-order valence-electron chi connectivity index (χ2n) is 14.6. The van der Waals surface area contributed by atoms with Crippen LogP contribution in [0.3, 0.4) is 0 Å². The van der Waals surface area contributed by atoms with Crippen molar-refractivity contribution >= 4 is 17.9 Å². The van der Waals surface area contributed by atoms with Crippen molar-refractivity contribution in [3.05, 3.63) is 24.2 Å². The highest BCUT2D eigenvalue weighted by Crippen LogP contribution is 2.79. The van der Waals surface area contributed by atoms with Crippen LogP contribution in [0.2, 0.25) is 0 Å². The first-order chi connectivity index (χ1) is 20.1. The number of hydrogen-bond acceptors (Lipinski definition) is 11. The van der Waals surface area contributed by atoms with Gasteiger partial charge in [-0.25, -0.2) is 0 Å². The molecule has 1 aromatic heterocycles. The van der Waals surface area contributed by atoms with E-state index < -0.39 is 93.8 Å². The average Bonchev–Trinajstić information content (AvgIpc) is 3.69. The molecule has 0 amide bonds. The second kappa shape index (κ2) is 9.05. The third kappa shape index (κ3) is 3.42. The number of carbonyl (C=O) groups excluding carboxylic acids is 3. The van der Waals surface area contributed by atoms with E-state index in [1.165, 1.54) is 20.8 Å². The molecule has 4 saturated carbocycles. The number of fused-ring (bicyclic) bond motifs is 3. The molecule has 6 fully saturated rings. The Balaban J connectivity index is 1.43. The molecule has 1 unspecified atom stereocenters. The molecule has 11 heteroatoms. The summed E-state index contributed by atoms with van der Waals surface area (Å²) in [5.74, 6) is -2.51. The van der Waals surface area contributed by atoms with Gasteiger partial charge < -0.3 is 38.3 Å². The number of carbonyl (C=O) groups is 3. The van der Waals surface area contributed by atoms with Crippen molar-refractivity contribution in [1.29, 1.82) is 0 Å². The molecule has 4 aliphatic carbocycles. The van der Waals surface area contributed by atoms with E-state index in [0.29, 0.717) is 12.8 Å². The molecule has 2 N–H and O–H groups in total. The predicted octanol–water partition coefficient (Wildman–Crippen LogP) is 2.65. The fourth-order valence-electron chi connectivity index (χ4n) is 11.5. The number of rotatable bonds is 4. The highest BCUT2D eigenvalue weighted by molar-refractivity contribution is 5.67. The van der Waals surface area contributed by atoms with Crippen molar-refractivity contribution in [2.75, 3.05) is 6.61 Å². The van der Waals surface area contributed by atoms with Gasteiger partial charge >= 0.3 is 17.9 Å². The minimum absolute atomic E-state index is 0.252. The molecule has 6 aliphatic rings. The van der Waals surface area contributed by atoms with Crippen molar-refractivity contribution in [1.82, 2.24) is 0 Å². The van der Waals surface area contributed by atoms with Crippen LogP contribution in [0.1, 0.15) is 78.7 Å². The lowest BCUT2D eigenvalue weighted by Crippen LogP contribution is -2.75. The Bertz CT molecular complexity index is 1340. The highest BCUT2D eigenvalue weighted by atomic mass is 16.6. The predicted molar refractivity (Wildman–Crippen MR) is 146 cm³/mol. The molecule has 7 rings (SSSR count). The molecule has 14 atom stereocenters. The van der Waals surface area contributed by atoms with Crippen LogP contribution in [0.15, 0.2) is 23.0 Å². The van der Waals surface area contributed by atoms with Gasteiger partial charge in [0.25, 0.3) is 0 Å². The SMILES string of the molecule is CC(=O)O[C@H]1C[C@@H]2[C@]3(C)C4[C@@H](OC[C@]4(C)[C@H](OC(C)=O)C[C@@H]3OC(C)=O)[C@H]3O[C@H]4C[C@@H](c5ccoc5)[C@](C)(O)[C@@]4(O)[C@]32C1. The van der Waals surface area contributed by atoms with Gasteiger partial charge in [-0.05, 0) is 43.7 Å². The fourth-order valence-corrected chi connectivity index (χ4v) is 11.5. The molecule has 236 valence electrons. The van der Waals surface area contributed by atoms with Crippen molar-refractivity contribution in [3.63, 3.8) is 0 Å². The summed E-state index contributed by atoms with van der Waals surface area (Å²) in [6, 6.07) is 1.79. The molecule has 0 bridgehead atoms. The third-order valence-electron chi connectivity index (χ3n) is 12.7. The molecule has 2 aliphatic heterocycles. The summed E-state index contributed by atoms with van der Waals surface area (Å²) >= 11 is 0. The molecule has 1 spiro atoms. The molecule has 43 heavy (non-hydrogen) atoms. The quantitative estimate of drug-likeness (QED) is 0.387. The van der Waals surface area contributed by atoms with E-state index in [0.717, 1.165) is 5.56 Å². The number of furan rings is 1. The summed E-state index contributed by atoms with van der Waals surface area (Å²) in [5, 5.41) is 25.7. The molecular weight excluding hydrogens is 560 g/mol. The van der Waals surface area contributed by atoms with Gasteiger partial charge in [-0.15, -0.1) is 0 Å². The first kappa shape index (κ1) is 29.3. The van der Waals surface area contributed by atoms with Crippen LogP contribution in [0.4, 0.5) is 0 Å². The third-order valence-corrected chi connectivity index (χ3v) is 12.7. The first-order valence-electron chi connectivity index (χ1n) is 15.4. The molecule has 0 radical (unpaired) electrons. The van der Waals surface area contributed by atoms with E-state index in [1.54, 1.807) is 25.5 Å². The van der Waals surface area contributed by atoms with Crippen molar-refractivity contribution in [2.45, 2.75) is 121 Å². The number of esters is 3. The molecule has 11 nitrogen and oxygen atoms in total. The highest BCUT2D eigenvalue weighted by Gasteiger charge is 2.88. The Kier molecular flexibility index (Phi) is 6.16. The van der Waals surface area contributed by atoms with Gasteiger partial charge in [0, 0.05) is 55.3 Å². The zero-order chi connectivity index (χ0) is 30.9. The Morgan fingerprint density at radius 2 is 1.60 bits per heavy atom. The molecule has 3 heterocycles. The molecular formula is C32H42O11.